The maximum Gasteiger partial charge on any atom is 0.246 e. The maximum atomic E-state index is 14.4. The number of amides is 6. The highest BCUT2D eigenvalue weighted by Crippen LogP contribution is 2.21. The van der Waals surface area contributed by atoms with Crippen molar-refractivity contribution < 1.29 is 33.9 Å². The van der Waals surface area contributed by atoms with Crippen molar-refractivity contribution in [3.05, 3.63) is 65.7 Å². The maximum absolute atomic E-state index is 14.4. The highest BCUT2D eigenvalue weighted by atomic mass is 16.3. The molecule has 2 aliphatic rings. The smallest absolute Gasteiger partial charge is 0.246 e. The summed E-state index contributed by atoms with van der Waals surface area (Å²) in [7, 11) is 0. The predicted molar refractivity (Wildman–Crippen MR) is 199 cm³/mol. The molecule has 14 nitrogen and oxygen atoms in total. The number of aromatic hydroxyl groups is 1. The van der Waals surface area contributed by atoms with Crippen LogP contribution >= 0.6 is 0 Å². The number of carbonyl (C=O) groups excluding carboxylic acids is 6. The van der Waals surface area contributed by atoms with Gasteiger partial charge in [-0.1, -0.05) is 70.2 Å². The quantitative estimate of drug-likeness (QED) is 0.218. The Kier molecular flexibility index (Phi) is 14.8. The first-order valence-electron chi connectivity index (χ1n) is 18.6. The number of carbonyl (C=O) groups is 6. The Bertz CT molecular complexity index is 1580. The normalized spacial score (nSPS) is 25.8. The summed E-state index contributed by atoms with van der Waals surface area (Å²) in [5, 5.41) is 24.0. The molecule has 0 radical (unpaired) electrons. The molecule has 2 heterocycles. The van der Waals surface area contributed by atoms with Crippen molar-refractivity contribution >= 4 is 35.4 Å². The third-order valence-electron chi connectivity index (χ3n) is 9.66. The Morgan fingerprint density at radius 2 is 1.30 bits per heavy atom. The third-order valence-corrected chi connectivity index (χ3v) is 9.66. The fraction of sp³-hybridized carbons (Fsp3) is 0.538. The van der Waals surface area contributed by atoms with Crippen LogP contribution in [0.5, 0.6) is 5.75 Å². The minimum Gasteiger partial charge on any atom is -0.508 e. The molecule has 288 valence electrons. The van der Waals surface area contributed by atoms with E-state index in [1.165, 1.54) is 17.0 Å². The van der Waals surface area contributed by atoms with E-state index in [0.717, 1.165) is 5.56 Å². The molecule has 2 aromatic carbocycles. The van der Waals surface area contributed by atoms with Crippen LogP contribution in [0.15, 0.2) is 54.6 Å². The van der Waals surface area contributed by atoms with Gasteiger partial charge in [0.05, 0.1) is 6.04 Å². The number of nitrogens with one attached hydrogen (secondary N) is 5. The number of benzene rings is 2. The second-order valence-electron chi connectivity index (χ2n) is 14.8. The van der Waals surface area contributed by atoms with Gasteiger partial charge in [-0.05, 0) is 67.2 Å². The van der Waals surface area contributed by atoms with Crippen LogP contribution < -0.4 is 32.3 Å². The summed E-state index contributed by atoms with van der Waals surface area (Å²) in [6.07, 6.45) is 1.90. The minimum absolute atomic E-state index is 0.0154. The van der Waals surface area contributed by atoms with Crippen molar-refractivity contribution in [3.63, 3.8) is 0 Å². The standard InChI is InChI=1S/C39H55N7O7/c1-23(2)20-29-35(49)44-31(22-25-10-6-5-7-11-25)39(53)46-19-9-13-32(46)37(51)43-30(21-26-14-16-27(47)17-15-26)36(50)45-33(24(3)4)38(52)41-18-8-12-28(40)34(48)42-29/h5-7,10-11,14-17,23-24,28-33,47H,8-9,12-13,18-22,40H2,1-4H3,(H,41,52)(H,42,48)(H,43,51)(H,44,49)(H,45,50)/t28-,29-,30+,31+,32-,33-/m0/s1. The topological polar surface area (TPSA) is 212 Å². The van der Waals surface area contributed by atoms with Gasteiger partial charge in [-0.2, -0.15) is 0 Å². The van der Waals surface area contributed by atoms with Crippen LogP contribution in [0.4, 0.5) is 0 Å². The fourth-order valence-electron chi connectivity index (χ4n) is 6.72. The second kappa shape index (κ2) is 19.2. The molecular formula is C39H55N7O7. The van der Waals surface area contributed by atoms with Crippen LogP contribution in [-0.2, 0) is 41.6 Å². The molecule has 0 saturated carbocycles. The third kappa shape index (κ3) is 11.8. The number of nitrogens with two attached hydrogens (primary N) is 1. The summed E-state index contributed by atoms with van der Waals surface area (Å²) in [6.45, 7) is 7.85. The lowest BCUT2D eigenvalue weighted by molar-refractivity contribution is -0.142. The number of nitrogens with zero attached hydrogens (tertiary/aromatic N) is 1. The molecule has 14 heteroatoms. The van der Waals surface area contributed by atoms with Gasteiger partial charge < -0.3 is 42.3 Å². The molecule has 0 spiro atoms. The number of phenols is 1. The Balaban J connectivity index is 1.70. The first kappa shape index (κ1) is 40.8. The lowest BCUT2D eigenvalue weighted by Crippen LogP contribution is -2.60. The number of fused-ring (bicyclic) bond motifs is 1. The van der Waals surface area contributed by atoms with E-state index in [-0.39, 0.29) is 49.9 Å². The van der Waals surface area contributed by atoms with Crippen LogP contribution in [0.1, 0.15) is 70.9 Å². The monoisotopic (exact) mass is 733 g/mol. The van der Waals surface area contributed by atoms with Gasteiger partial charge in [0.2, 0.25) is 35.4 Å². The van der Waals surface area contributed by atoms with Gasteiger partial charge in [0.15, 0.2) is 0 Å². The molecule has 0 unspecified atom stereocenters. The SMILES string of the molecule is CC(C)C[C@@H]1NC(=O)[C@@H](N)CCCNC(=O)[C@H](C(C)C)NC(=O)[C@@H](Cc2ccc(O)cc2)NC(=O)[C@@H]2CCCN2C(=O)[C@@H](Cc2ccccc2)NC1=O. The predicted octanol–water partition coefficient (Wildman–Crippen LogP) is 1.05. The second-order valence-corrected chi connectivity index (χ2v) is 14.8. The van der Waals surface area contributed by atoms with E-state index in [0.29, 0.717) is 31.2 Å². The number of rotatable bonds is 7. The van der Waals surface area contributed by atoms with Crippen molar-refractivity contribution in [1.82, 2.24) is 31.5 Å². The van der Waals surface area contributed by atoms with Gasteiger partial charge in [-0.25, -0.2) is 0 Å². The lowest BCUT2D eigenvalue weighted by atomic mass is 10.00. The van der Waals surface area contributed by atoms with Crippen LogP contribution in [0, 0.1) is 11.8 Å². The Hall–Kier alpha value is -4.98. The Morgan fingerprint density at radius 1 is 0.698 bits per heavy atom. The molecule has 2 aliphatic heterocycles. The van der Waals surface area contributed by atoms with E-state index in [4.69, 9.17) is 5.73 Å². The van der Waals surface area contributed by atoms with Crippen molar-refractivity contribution in [1.29, 1.82) is 0 Å². The molecular weight excluding hydrogens is 678 g/mol. The largest absolute Gasteiger partial charge is 0.508 e. The fourth-order valence-corrected chi connectivity index (χ4v) is 6.72. The van der Waals surface area contributed by atoms with Gasteiger partial charge in [-0.15, -0.1) is 0 Å². The number of hydrogen-bond acceptors (Lipinski definition) is 8. The molecule has 2 aromatic rings. The average Bonchev–Trinajstić information content (AvgIpc) is 3.62. The molecule has 8 N–H and O–H groups in total. The van der Waals surface area contributed by atoms with Gasteiger partial charge in [0, 0.05) is 25.9 Å². The van der Waals surface area contributed by atoms with Gasteiger partial charge >= 0.3 is 0 Å². The Labute approximate surface area is 311 Å². The first-order valence-corrected chi connectivity index (χ1v) is 18.6. The zero-order valence-electron chi connectivity index (χ0n) is 31.1. The van der Waals surface area contributed by atoms with Gasteiger partial charge in [-0.3, -0.25) is 28.8 Å². The minimum atomic E-state index is -1.13. The summed E-state index contributed by atoms with van der Waals surface area (Å²) >= 11 is 0. The summed E-state index contributed by atoms with van der Waals surface area (Å²) in [6, 6.07) is 9.43. The molecule has 6 atom stereocenters. The summed E-state index contributed by atoms with van der Waals surface area (Å²) < 4.78 is 0. The highest BCUT2D eigenvalue weighted by Gasteiger charge is 2.40. The van der Waals surface area contributed by atoms with Crippen molar-refractivity contribution in [2.75, 3.05) is 13.1 Å². The molecule has 0 aliphatic carbocycles. The van der Waals surface area contributed by atoms with E-state index < -0.39 is 71.7 Å². The zero-order chi connectivity index (χ0) is 38.7. The van der Waals surface area contributed by atoms with Crippen molar-refractivity contribution in [2.24, 2.45) is 17.6 Å². The molecule has 2 fully saturated rings. The molecule has 2 saturated heterocycles. The molecule has 4 rings (SSSR count). The van der Waals surface area contributed by atoms with Crippen molar-refractivity contribution in [3.8, 4) is 5.75 Å². The summed E-state index contributed by atoms with van der Waals surface area (Å²) in [5.74, 6) is -3.37. The molecule has 0 bridgehead atoms. The number of hydrogen-bond donors (Lipinski definition) is 7. The first-order chi connectivity index (χ1) is 25.2. The molecule has 53 heavy (non-hydrogen) atoms. The Morgan fingerprint density at radius 3 is 1.96 bits per heavy atom. The lowest BCUT2D eigenvalue weighted by Gasteiger charge is -2.31. The van der Waals surface area contributed by atoms with Crippen LogP contribution in [0.25, 0.3) is 0 Å². The van der Waals surface area contributed by atoms with E-state index in [2.05, 4.69) is 26.6 Å². The summed E-state index contributed by atoms with van der Waals surface area (Å²) in [4.78, 5) is 84.2. The summed E-state index contributed by atoms with van der Waals surface area (Å²) in [5.41, 5.74) is 7.68. The van der Waals surface area contributed by atoms with Gasteiger partial charge in [0.1, 0.15) is 36.0 Å². The van der Waals surface area contributed by atoms with E-state index in [9.17, 15) is 33.9 Å². The van der Waals surface area contributed by atoms with E-state index in [1.54, 1.807) is 26.0 Å². The van der Waals surface area contributed by atoms with Crippen LogP contribution in [0.2, 0.25) is 0 Å². The van der Waals surface area contributed by atoms with Crippen LogP contribution in [-0.4, -0.2) is 94.8 Å². The van der Waals surface area contributed by atoms with Crippen LogP contribution in [0.3, 0.4) is 0 Å². The van der Waals surface area contributed by atoms with Crippen molar-refractivity contribution in [2.45, 2.75) is 109 Å². The highest BCUT2D eigenvalue weighted by molar-refractivity contribution is 5.97. The van der Waals surface area contributed by atoms with E-state index >= 15 is 0 Å². The molecule has 6 amide bonds. The zero-order valence-corrected chi connectivity index (χ0v) is 31.1. The average molecular weight is 734 g/mol. The van der Waals surface area contributed by atoms with E-state index in [1.807, 2.05) is 44.2 Å². The number of phenolic OH excluding ortho intramolecular Hbond substituents is 1. The van der Waals surface area contributed by atoms with Gasteiger partial charge in [0.25, 0.3) is 0 Å². The molecule has 0 aromatic heterocycles.